The molecule has 2 aromatic heterocycles. The summed E-state index contributed by atoms with van der Waals surface area (Å²) in [4.78, 5) is 24.9. The van der Waals surface area contributed by atoms with Gasteiger partial charge in [0.2, 0.25) is 5.91 Å². The average Bonchev–Trinajstić information content (AvgIpc) is 3.12. The summed E-state index contributed by atoms with van der Waals surface area (Å²) in [5, 5.41) is 5.99. The van der Waals surface area contributed by atoms with Gasteiger partial charge in [0.25, 0.3) is 0 Å². The Hall–Kier alpha value is -2.38. The van der Waals surface area contributed by atoms with E-state index >= 15 is 0 Å². The summed E-state index contributed by atoms with van der Waals surface area (Å²) in [6.07, 6.45) is 3.70. The Labute approximate surface area is 166 Å². The van der Waals surface area contributed by atoms with E-state index < -0.39 is 0 Å². The summed E-state index contributed by atoms with van der Waals surface area (Å²) in [6, 6.07) is 7.48. The van der Waals surface area contributed by atoms with Crippen LogP contribution in [0.25, 0.3) is 16.7 Å². The molecule has 0 spiro atoms. The zero-order valence-corrected chi connectivity index (χ0v) is 16.1. The minimum atomic E-state index is 0.103. The van der Waals surface area contributed by atoms with Crippen molar-refractivity contribution in [3.05, 3.63) is 41.8 Å². The highest BCUT2D eigenvalue weighted by Gasteiger charge is 2.23. The Balaban J connectivity index is 1.60. The van der Waals surface area contributed by atoms with Crippen LogP contribution in [0.1, 0.15) is 6.42 Å². The van der Waals surface area contributed by atoms with Crippen LogP contribution in [0, 0.1) is 0 Å². The van der Waals surface area contributed by atoms with Crippen molar-refractivity contribution in [2.24, 2.45) is 0 Å². The number of alkyl halides is 1. The number of hydrogen-bond donors (Lipinski definition) is 0. The van der Waals surface area contributed by atoms with Crippen LogP contribution in [-0.4, -0.2) is 62.6 Å². The van der Waals surface area contributed by atoms with E-state index in [2.05, 4.69) is 20.0 Å². The number of amides is 1. The monoisotopic (exact) mass is 404 g/mol. The van der Waals surface area contributed by atoms with Crippen molar-refractivity contribution in [1.29, 1.82) is 0 Å². The van der Waals surface area contributed by atoms with E-state index in [1.807, 2.05) is 29.2 Å². The van der Waals surface area contributed by atoms with Gasteiger partial charge in [-0.1, -0.05) is 17.7 Å². The van der Waals surface area contributed by atoms with Crippen molar-refractivity contribution in [1.82, 2.24) is 24.6 Å². The predicted octanol–water partition coefficient (Wildman–Crippen LogP) is 2.75. The van der Waals surface area contributed by atoms with Gasteiger partial charge >= 0.3 is 0 Å². The van der Waals surface area contributed by atoms with Crippen LogP contribution >= 0.6 is 23.2 Å². The lowest BCUT2D eigenvalue weighted by atomic mass is 10.2. The Morgan fingerprint density at radius 2 is 1.96 bits per heavy atom. The lowest BCUT2D eigenvalue weighted by Gasteiger charge is -2.35. The predicted molar refractivity (Wildman–Crippen MR) is 106 cm³/mol. The molecular formula is C18H18Cl2N6O. The lowest BCUT2D eigenvalue weighted by Crippen LogP contribution is -2.49. The molecule has 0 unspecified atom stereocenters. The second-order valence-corrected chi connectivity index (χ2v) is 7.09. The standard InChI is InChI=1S/C18H18Cl2N6O/c19-5-4-16(27)24-6-8-25(9-7-24)17-15-11-23-26(18(15)22-12-21-17)14-3-1-2-13(20)10-14/h1-3,10-12H,4-9H2. The van der Waals surface area contributed by atoms with Gasteiger partial charge in [0.1, 0.15) is 12.1 Å². The highest BCUT2D eigenvalue weighted by molar-refractivity contribution is 6.30. The molecule has 27 heavy (non-hydrogen) atoms. The van der Waals surface area contributed by atoms with Gasteiger partial charge in [-0.25, -0.2) is 14.6 Å². The Morgan fingerprint density at radius 3 is 2.70 bits per heavy atom. The Morgan fingerprint density at radius 1 is 1.15 bits per heavy atom. The first-order chi connectivity index (χ1) is 13.2. The summed E-state index contributed by atoms with van der Waals surface area (Å²) < 4.78 is 1.76. The fourth-order valence-corrected chi connectivity index (χ4v) is 3.63. The molecule has 0 aliphatic carbocycles. The summed E-state index contributed by atoms with van der Waals surface area (Å²) in [6.45, 7) is 2.73. The number of halogens is 2. The zero-order valence-electron chi connectivity index (χ0n) is 14.6. The number of carbonyl (C=O) groups is 1. The van der Waals surface area contributed by atoms with Crippen LogP contribution in [0.4, 0.5) is 5.82 Å². The molecule has 1 aliphatic rings. The van der Waals surface area contributed by atoms with Gasteiger partial charge in [-0.05, 0) is 18.2 Å². The highest BCUT2D eigenvalue weighted by Crippen LogP contribution is 2.26. The van der Waals surface area contributed by atoms with Gasteiger partial charge in [-0.15, -0.1) is 11.6 Å². The Kier molecular flexibility index (Phi) is 5.13. The third kappa shape index (κ3) is 3.57. The van der Waals surface area contributed by atoms with Gasteiger partial charge in [0, 0.05) is 43.5 Å². The molecule has 7 nitrogen and oxygen atoms in total. The van der Waals surface area contributed by atoms with Crippen LogP contribution in [0.2, 0.25) is 5.02 Å². The summed E-state index contributed by atoms with van der Waals surface area (Å²) in [5.74, 6) is 1.29. The number of fused-ring (bicyclic) bond motifs is 1. The van der Waals surface area contributed by atoms with E-state index in [1.165, 1.54) is 0 Å². The average molecular weight is 405 g/mol. The van der Waals surface area contributed by atoms with Crippen molar-refractivity contribution in [3.8, 4) is 5.69 Å². The molecule has 1 aromatic carbocycles. The minimum absolute atomic E-state index is 0.103. The maximum Gasteiger partial charge on any atom is 0.223 e. The molecule has 0 saturated carbocycles. The zero-order chi connectivity index (χ0) is 18.8. The molecule has 9 heteroatoms. The van der Waals surface area contributed by atoms with Gasteiger partial charge in [0.15, 0.2) is 5.65 Å². The third-order valence-electron chi connectivity index (χ3n) is 4.64. The van der Waals surface area contributed by atoms with E-state index in [-0.39, 0.29) is 5.91 Å². The summed E-state index contributed by atoms with van der Waals surface area (Å²) in [5.41, 5.74) is 1.57. The fourth-order valence-electron chi connectivity index (χ4n) is 3.29. The normalized spacial score (nSPS) is 14.7. The van der Waals surface area contributed by atoms with Crippen molar-refractivity contribution >= 4 is 46.0 Å². The van der Waals surface area contributed by atoms with Crippen LogP contribution in [0.15, 0.2) is 36.8 Å². The van der Waals surface area contributed by atoms with Crippen LogP contribution in [-0.2, 0) is 4.79 Å². The van der Waals surface area contributed by atoms with E-state index in [0.29, 0.717) is 43.5 Å². The number of aromatic nitrogens is 4. The molecule has 0 N–H and O–H groups in total. The molecule has 0 bridgehead atoms. The molecule has 0 atom stereocenters. The third-order valence-corrected chi connectivity index (χ3v) is 5.06. The molecule has 3 heterocycles. The van der Waals surface area contributed by atoms with Crippen molar-refractivity contribution < 1.29 is 4.79 Å². The van der Waals surface area contributed by atoms with Gasteiger partial charge in [-0.2, -0.15) is 5.10 Å². The first kappa shape index (κ1) is 18.0. The number of hydrogen-bond acceptors (Lipinski definition) is 5. The quantitative estimate of drug-likeness (QED) is 0.625. The van der Waals surface area contributed by atoms with Crippen molar-refractivity contribution in [2.75, 3.05) is 37.0 Å². The first-order valence-corrected chi connectivity index (χ1v) is 9.62. The molecule has 1 aliphatic heterocycles. The maximum absolute atomic E-state index is 12.0. The van der Waals surface area contributed by atoms with Crippen molar-refractivity contribution in [3.63, 3.8) is 0 Å². The first-order valence-electron chi connectivity index (χ1n) is 8.71. The van der Waals surface area contributed by atoms with Gasteiger partial charge in [0.05, 0.1) is 17.3 Å². The summed E-state index contributed by atoms with van der Waals surface area (Å²) in [7, 11) is 0. The smallest absolute Gasteiger partial charge is 0.223 e. The minimum Gasteiger partial charge on any atom is -0.352 e. The molecule has 1 amide bonds. The van der Waals surface area contributed by atoms with Crippen LogP contribution in [0.3, 0.4) is 0 Å². The van der Waals surface area contributed by atoms with Gasteiger partial charge in [-0.3, -0.25) is 4.79 Å². The SMILES string of the molecule is O=C(CCCl)N1CCN(c2ncnc3c2cnn3-c2cccc(Cl)c2)CC1. The second kappa shape index (κ2) is 7.70. The highest BCUT2D eigenvalue weighted by atomic mass is 35.5. The second-order valence-electron chi connectivity index (χ2n) is 6.28. The molecule has 4 rings (SSSR count). The molecule has 1 fully saturated rings. The molecule has 3 aromatic rings. The van der Waals surface area contributed by atoms with Crippen molar-refractivity contribution in [2.45, 2.75) is 6.42 Å². The molecule has 0 radical (unpaired) electrons. The topological polar surface area (TPSA) is 67.2 Å². The van der Waals surface area contributed by atoms with Crippen LogP contribution < -0.4 is 4.90 Å². The molecule has 140 valence electrons. The number of piperazine rings is 1. The molecular weight excluding hydrogens is 387 g/mol. The number of nitrogens with zero attached hydrogens (tertiary/aromatic N) is 6. The number of anilines is 1. The van der Waals surface area contributed by atoms with E-state index in [0.717, 1.165) is 22.5 Å². The lowest BCUT2D eigenvalue weighted by molar-refractivity contribution is -0.131. The molecule has 1 saturated heterocycles. The van der Waals surface area contributed by atoms with E-state index in [9.17, 15) is 4.79 Å². The summed E-state index contributed by atoms with van der Waals surface area (Å²) >= 11 is 11.8. The number of carbonyl (C=O) groups excluding carboxylic acids is 1. The Bertz CT molecular complexity index is 967. The van der Waals surface area contributed by atoms with Crippen LogP contribution in [0.5, 0.6) is 0 Å². The maximum atomic E-state index is 12.0. The number of rotatable bonds is 4. The number of benzene rings is 1. The largest absolute Gasteiger partial charge is 0.352 e. The van der Waals surface area contributed by atoms with E-state index in [1.54, 1.807) is 17.2 Å². The van der Waals surface area contributed by atoms with E-state index in [4.69, 9.17) is 23.2 Å². The van der Waals surface area contributed by atoms with Gasteiger partial charge < -0.3 is 9.80 Å². The fraction of sp³-hybridized carbons (Fsp3) is 0.333.